The predicted molar refractivity (Wildman–Crippen MR) is 31.0 cm³/mol. The molecule has 0 saturated carbocycles. The van der Waals surface area contributed by atoms with Crippen LogP contribution in [0.25, 0.3) is 0 Å². The van der Waals surface area contributed by atoms with Crippen molar-refractivity contribution in [3.8, 4) is 5.88 Å². The molecule has 1 aromatic heterocycles. The van der Waals surface area contributed by atoms with Gasteiger partial charge in [-0.15, -0.1) is 0 Å². The number of imidazole rings is 1. The average Bonchev–Trinajstić information content (AvgIpc) is 2.17. The van der Waals surface area contributed by atoms with Crippen molar-refractivity contribution in [3.63, 3.8) is 0 Å². The molecule has 0 aromatic carbocycles. The van der Waals surface area contributed by atoms with Crippen LogP contribution < -0.4 is 0 Å². The number of nitrogens with zero attached hydrogens (tertiary/aromatic N) is 1. The smallest absolute Gasteiger partial charge is 0.208 e. The van der Waals surface area contributed by atoms with E-state index in [0.717, 1.165) is 0 Å². The van der Waals surface area contributed by atoms with Gasteiger partial charge in [0.15, 0.2) is 0 Å². The lowest BCUT2D eigenvalue weighted by Crippen LogP contribution is -1.91. The highest BCUT2D eigenvalue weighted by atomic mass is 16.3. The Bertz CT molecular complexity index is 185. The molecule has 0 aliphatic rings. The Morgan fingerprint density at radius 3 is 2.89 bits per heavy atom. The molecular weight excluding hydrogens is 120 g/mol. The molecule has 4 heteroatoms. The van der Waals surface area contributed by atoms with Gasteiger partial charge in [-0.2, -0.15) is 0 Å². The van der Waals surface area contributed by atoms with Gasteiger partial charge in [0.1, 0.15) is 5.82 Å². The summed E-state index contributed by atoms with van der Waals surface area (Å²) in [5, 5.41) is 17.1. The first-order valence-corrected chi connectivity index (χ1v) is 2.66. The van der Waals surface area contributed by atoms with Crippen molar-refractivity contribution in [2.45, 2.75) is 6.42 Å². The van der Waals surface area contributed by atoms with E-state index in [4.69, 9.17) is 10.2 Å². The number of aromatic amines is 1. The van der Waals surface area contributed by atoms with Crippen LogP contribution in [0, 0.1) is 0 Å². The molecule has 0 aliphatic heterocycles. The summed E-state index contributed by atoms with van der Waals surface area (Å²) in [7, 11) is 0. The van der Waals surface area contributed by atoms with Gasteiger partial charge >= 0.3 is 0 Å². The van der Waals surface area contributed by atoms with Crippen molar-refractivity contribution in [3.05, 3.63) is 12.0 Å². The lowest BCUT2D eigenvalue weighted by molar-refractivity contribution is 0.296. The van der Waals surface area contributed by atoms with E-state index in [-0.39, 0.29) is 12.5 Å². The van der Waals surface area contributed by atoms with Crippen LogP contribution in [0.5, 0.6) is 5.88 Å². The first kappa shape index (κ1) is 6.10. The average molecular weight is 128 g/mol. The number of aromatic hydroxyl groups is 1. The van der Waals surface area contributed by atoms with E-state index in [1.54, 1.807) is 0 Å². The molecule has 50 valence electrons. The van der Waals surface area contributed by atoms with Gasteiger partial charge in [0.05, 0.1) is 12.8 Å². The van der Waals surface area contributed by atoms with Crippen molar-refractivity contribution in [2.24, 2.45) is 0 Å². The topological polar surface area (TPSA) is 69.1 Å². The molecule has 0 bridgehead atoms. The molecule has 0 amide bonds. The lowest BCUT2D eigenvalue weighted by Gasteiger charge is -1.86. The van der Waals surface area contributed by atoms with Crippen LogP contribution in [0.15, 0.2) is 6.20 Å². The number of aliphatic hydroxyl groups is 1. The number of aliphatic hydroxyl groups excluding tert-OH is 1. The van der Waals surface area contributed by atoms with Crippen LogP contribution in [0.3, 0.4) is 0 Å². The Balaban J connectivity index is 2.61. The van der Waals surface area contributed by atoms with Crippen molar-refractivity contribution in [2.75, 3.05) is 6.61 Å². The molecule has 4 nitrogen and oxygen atoms in total. The highest BCUT2D eigenvalue weighted by Crippen LogP contribution is 2.02. The van der Waals surface area contributed by atoms with Gasteiger partial charge in [0.2, 0.25) is 5.88 Å². The highest BCUT2D eigenvalue weighted by molar-refractivity contribution is 5.04. The van der Waals surface area contributed by atoms with E-state index in [2.05, 4.69) is 9.97 Å². The molecule has 0 aliphatic carbocycles. The number of hydrogen-bond donors (Lipinski definition) is 3. The molecule has 1 heterocycles. The maximum absolute atomic E-state index is 8.68. The maximum atomic E-state index is 8.68. The van der Waals surface area contributed by atoms with Gasteiger partial charge < -0.3 is 15.2 Å². The molecule has 3 N–H and O–H groups in total. The lowest BCUT2D eigenvalue weighted by atomic mass is 10.4. The van der Waals surface area contributed by atoms with E-state index in [9.17, 15) is 0 Å². The third-order valence-corrected chi connectivity index (χ3v) is 0.964. The second kappa shape index (κ2) is 2.50. The second-order valence-corrected chi connectivity index (χ2v) is 1.69. The summed E-state index contributed by atoms with van der Waals surface area (Å²) in [4.78, 5) is 6.30. The molecule has 1 aromatic rings. The number of aromatic nitrogens is 2. The van der Waals surface area contributed by atoms with Crippen molar-refractivity contribution in [1.82, 2.24) is 9.97 Å². The fourth-order valence-electron chi connectivity index (χ4n) is 0.584. The van der Waals surface area contributed by atoms with E-state index in [1.165, 1.54) is 6.20 Å². The number of rotatable bonds is 2. The first-order valence-electron chi connectivity index (χ1n) is 2.66. The van der Waals surface area contributed by atoms with Crippen molar-refractivity contribution < 1.29 is 10.2 Å². The highest BCUT2D eigenvalue weighted by Gasteiger charge is 1.95. The minimum absolute atomic E-state index is 0.0402. The molecule has 0 unspecified atom stereocenters. The van der Waals surface area contributed by atoms with Gasteiger partial charge in [0, 0.05) is 6.42 Å². The van der Waals surface area contributed by atoms with E-state index < -0.39 is 0 Å². The summed E-state index contributed by atoms with van der Waals surface area (Å²) in [5.41, 5.74) is 0. The Labute approximate surface area is 52.2 Å². The fourth-order valence-corrected chi connectivity index (χ4v) is 0.584. The minimum atomic E-state index is 0.0402. The molecule has 9 heavy (non-hydrogen) atoms. The summed E-state index contributed by atoms with van der Waals surface area (Å²) in [5.74, 6) is 0.647. The summed E-state index contributed by atoms with van der Waals surface area (Å²) in [6.07, 6.45) is 1.77. The zero-order valence-corrected chi connectivity index (χ0v) is 4.83. The van der Waals surface area contributed by atoms with Crippen LogP contribution in [-0.4, -0.2) is 26.8 Å². The summed E-state index contributed by atoms with van der Waals surface area (Å²) in [6.45, 7) is 0.0486. The largest absolute Gasteiger partial charge is 0.493 e. The van der Waals surface area contributed by atoms with Gasteiger partial charge in [-0.3, -0.25) is 0 Å². The Morgan fingerprint density at radius 1 is 1.67 bits per heavy atom. The van der Waals surface area contributed by atoms with Crippen molar-refractivity contribution in [1.29, 1.82) is 0 Å². The molecular formula is C5H8N2O2. The fraction of sp³-hybridized carbons (Fsp3) is 0.400. The zero-order valence-electron chi connectivity index (χ0n) is 4.83. The van der Waals surface area contributed by atoms with E-state index in [1.807, 2.05) is 0 Å². The predicted octanol–water partition coefficient (Wildman–Crippen LogP) is -0.350. The van der Waals surface area contributed by atoms with Crippen LogP contribution in [-0.2, 0) is 6.42 Å². The molecule has 0 radical (unpaired) electrons. The number of H-pyrrole nitrogens is 1. The van der Waals surface area contributed by atoms with Crippen LogP contribution in [0.2, 0.25) is 0 Å². The molecule has 0 atom stereocenters. The van der Waals surface area contributed by atoms with Gasteiger partial charge in [-0.25, -0.2) is 4.98 Å². The van der Waals surface area contributed by atoms with Crippen molar-refractivity contribution >= 4 is 0 Å². The molecule has 0 saturated heterocycles. The van der Waals surface area contributed by atoms with Crippen LogP contribution in [0.4, 0.5) is 0 Å². The van der Waals surface area contributed by atoms with E-state index >= 15 is 0 Å². The molecule has 0 fully saturated rings. The SMILES string of the molecule is OCCc1ncc(O)[nH]1. The molecule has 1 rings (SSSR count). The zero-order chi connectivity index (χ0) is 6.69. The Morgan fingerprint density at radius 2 is 2.44 bits per heavy atom. The third kappa shape index (κ3) is 1.43. The minimum Gasteiger partial charge on any atom is -0.493 e. The van der Waals surface area contributed by atoms with Crippen LogP contribution in [0.1, 0.15) is 5.82 Å². The third-order valence-electron chi connectivity index (χ3n) is 0.964. The second-order valence-electron chi connectivity index (χ2n) is 1.69. The standard InChI is InChI=1S/C5H8N2O2/c8-2-1-4-6-3-5(9)7-4/h3,8-9H,1-2H2,(H,6,7). The number of nitrogens with one attached hydrogen (secondary N) is 1. The Kier molecular flexibility index (Phi) is 1.69. The normalized spacial score (nSPS) is 9.89. The van der Waals surface area contributed by atoms with E-state index in [0.29, 0.717) is 12.2 Å². The first-order chi connectivity index (χ1) is 4.33. The summed E-state index contributed by atoms with van der Waals surface area (Å²) < 4.78 is 0. The van der Waals surface area contributed by atoms with Gasteiger partial charge in [0.25, 0.3) is 0 Å². The summed E-state index contributed by atoms with van der Waals surface area (Å²) in [6, 6.07) is 0. The Hall–Kier alpha value is -1.03. The summed E-state index contributed by atoms with van der Waals surface area (Å²) >= 11 is 0. The quantitative estimate of drug-likeness (QED) is 0.510. The van der Waals surface area contributed by atoms with Gasteiger partial charge in [-0.05, 0) is 0 Å². The van der Waals surface area contributed by atoms with Crippen LogP contribution >= 0.6 is 0 Å². The van der Waals surface area contributed by atoms with Gasteiger partial charge in [-0.1, -0.05) is 0 Å². The molecule has 0 spiro atoms. The maximum Gasteiger partial charge on any atom is 0.208 e. The monoisotopic (exact) mass is 128 g/mol. The number of hydrogen-bond acceptors (Lipinski definition) is 3.